The summed E-state index contributed by atoms with van der Waals surface area (Å²) in [7, 11) is 1.70. The number of carbonyl (C=O) groups excluding carboxylic acids is 1. The van der Waals surface area contributed by atoms with Crippen molar-refractivity contribution >= 4 is 17.3 Å². The summed E-state index contributed by atoms with van der Waals surface area (Å²) in [4.78, 5) is 20.7. The van der Waals surface area contributed by atoms with E-state index < -0.39 is 0 Å². The highest BCUT2D eigenvalue weighted by atomic mass is 16.5. The Balaban J connectivity index is 1.27. The normalized spacial score (nSPS) is 22.6. The van der Waals surface area contributed by atoms with Crippen LogP contribution in [0.4, 0.5) is 11.4 Å². The molecule has 2 saturated heterocycles. The lowest BCUT2D eigenvalue weighted by molar-refractivity contribution is -0.125. The molecule has 0 aromatic heterocycles. The number of hydrogen-bond acceptors (Lipinski definition) is 6. The predicted molar refractivity (Wildman–Crippen MR) is 135 cm³/mol. The van der Waals surface area contributed by atoms with Gasteiger partial charge in [-0.2, -0.15) is 0 Å². The van der Waals surface area contributed by atoms with Crippen molar-refractivity contribution in [1.82, 2.24) is 10.2 Å². The number of hydrogen-bond donors (Lipinski definition) is 1. The van der Waals surface area contributed by atoms with Gasteiger partial charge in [-0.25, -0.2) is 0 Å². The number of anilines is 2. The summed E-state index contributed by atoms with van der Waals surface area (Å²) in [5.74, 6) is 0.981. The van der Waals surface area contributed by atoms with E-state index in [-0.39, 0.29) is 17.9 Å². The first kappa shape index (κ1) is 23.0. The van der Waals surface area contributed by atoms with Crippen LogP contribution in [0, 0.1) is 5.92 Å². The molecule has 3 heterocycles. The zero-order valence-electron chi connectivity index (χ0n) is 20.1. The number of para-hydroxylation sites is 1. The molecule has 0 spiro atoms. The molecular formula is C27H36N4O3. The number of piperazine rings is 1. The number of fused-ring (bicyclic) bond motifs is 3. The third-order valence-electron chi connectivity index (χ3n) is 7.43. The fraction of sp³-hybridized carbons (Fsp3) is 0.519. The van der Waals surface area contributed by atoms with Crippen molar-refractivity contribution in [2.75, 3.05) is 75.9 Å². The van der Waals surface area contributed by atoms with Crippen LogP contribution >= 0.6 is 0 Å². The molecule has 2 unspecified atom stereocenters. The van der Waals surface area contributed by atoms with Crippen LogP contribution in [-0.4, -0.2) is 83.0 Å². The first-order chi connectivity index (χ1) is 16.7. The van der Waals surface area contributed by atoms with Crippen LogP contribution < -0.4 is 19.9 Å². The third-order valence-corrected chi connectivity index (χ3v) is 7.43. The Morgan fingerprint density at radius 3 is 2.79 bits per heavy atom. The second-order valence-electron chi connectivity index (χ2n) is 9.45. The van der Waals surface area contributed by atoms with Gasteiger partial charge in [-0.15, -0.1) is 0 Å². The number of nitrogens with zero attached hydrogens (tertiary/aromatic N) is 3. The Bertz CT molecular complexity index is 978. The Hall–Kier alpha value is -2.77. The number of morpholine rings is 1. The maximum absolute atomic E-state index is 13.4. The van der Waals surface area contributed by atoms with E-state index in [2.05, 4.69) is 56.4 Å². The van der Waals surface area contributed by atoms with Gasteiger partial charge in [-0.3, -0.25) is 9.69 Å². The Morgan fingerprint density at radius 2 is 1.94 bits per heavy atom. The smallest absolute Gasteiger partial charge is 0.225 e. The van der Waals surface area contributed by atoms with Crippen molar-refractivity contribution < 1.29 is 14.3 Å². The molecule has 2 aromatic rings. The van der Waals surface area contributed by atoms with Gasteiger partial charge in [-0.05, 0) is 43.1 Å². The monoisotopic (exact) mass is 464 g/mol. The van der Waals surface area contributed by atoms with Gasteiger partial charge in [0.05, 0.1) is 32.3 Å². The zero-order valence-corrected chi connectivity index (χ0v) is 20.1. The van der Waals surface area contributed by atoms with Crippen molar-refractivity contribution in [2.24, 2.45) is 5.92 Å². The maximum Gasteiger partial charge on any atom is 0.225 e. The van der Waals surface area contributed by atoms with Crippen LogP contribution in [0.15, 0.2) is 48.5 Å². The number of nitrogens with one attached hydrogen (secondary N) is 1. The number of amides is 1. The summed E-state index contributed by atoms with van der Waals surface area (Å²) >= 11 is 0. The first-order valence-corrected chi connectivity index (χ1v) is 12.5. The van der Waals surface area contributed by atoms with Crippen molar-refractivity contribution in [3.8, 4) is 5.75 Å². The second kappa shape index (κ2) is 10.7. The van der Waals surface area contributed by atoms with Crippen LogP contribution in [0.1, 0.15) is 12.0 Å². The fourth-order valence-electron chi connectivity index (χ4n) is 5.57. The van der Waals surface area contributed by atoms with Gasteiger partial charge < -0.3 is 24.6 Å². The summed E-state index contributed by atoms with van der Waals surface area (Å²) in [5.41, 5.74) is 3.72. The summed E-state index contributed by atoms with van der Waals surface area (Å²) in [6.07, 6.45) is 1.76. The van der Waals surface area contributed by atoms with Crippen molar-refractivity contribution in [3.05, 3.63) is 54.1 Å². The highest BCUT2D eigenvalue weighted by Gasteiger charge is 2.41. The van der Waals surface area contributed by atoms with E-state index in [0.29, 0.717) is 0 Å². The molecule has 0 saturated carbocycles. The molecule has 0 radical (unpaired) electrons. The largest absolute Gasteiger partial charge is 0.497 e. The molecular weight excluding hydrogens is 428 g/mol. The summed E-state index contributed by atoms with van der Waals surface area (Å²) in [5, 5.41) is 3.27. The van der Waals surface area contributed by atoms with Crippen LogP contribution in [0.2, 0.25) is 0 Å². The minimum absolute atomic E-state index is 0.0632. The van der Waals surface area contributed by atoms with Gasteiger partial charge in [0.15, 0.2) is 0 Å². The summed E-state index contributed by atoms with van der Waals surface area (Å²) < 4.78 is 10.9. The molecule has 7 nitrogen and oxygen atoms in total. The first-order valence-electron chi connectivity index (χ1n) is 12.5. The average molecular weight is 465 g/mol. The fourth-order valence-corrected chi connectivity index (χ4v) is 5.57. The van der Waals surface area contributed by atoms with Gasteiger partial charge in [0.25, 0.3) is 0 Å². The van der Waals surface area contributed by atoms with E-state index in [0.717, 1.165) is 83.3 Å². The zero-order chi connectivity index (χ0) is 23.3. The number of ether oxygens (including phenoxy) is 2. The third kappa shape index (κ3) is 5.00. The highest BCUT2D eigenvalue weighted by Crippen LogP contribution is 2.37. The molecule has 7 heteroatoms. The molecule has 2 atom stereocenters. The Kier molecular flexibility index (Phi) is 7.21. The SMILES string of the molecule is COc1cccc(N2CCN3c4ccccc4CC(C(=O)NCCCN4CCOCC4)C3C2)c1. The van der Waals surface area contributed by atoms with Crippen molar-refractivity contribution in [3.63, 3.8) is 0 Å². The lowest BCUT2D eigenvalue weighted by Crippen LogP contribution is -2.61. The van der Waals surface area contributed by atoms with Crippen LogP contribution in [0.3, 0.4) is 0 Å². The molecule has 3 aliphatic heterocycles. The standard InChI is InChI=1S/C27H36N4O3/c1-33-23-8-4-7-22(19-23)30-12-13-31-25-9-3-2-6-21(25)18-24(26(31)20-30)27(32)28-10-5-11-29-14-16-34-17-15-29/h2-4,6-9,19,24,26H,5,10-18,20H2,1H3,(H,28,32). The summed E-state index contributed by atoms with van der Waals surface area (Å²) in [6, 6.07) is 17.0. The lowest BCUT2D eigenvalue weighted by atomic mass is 9.83. The number of benzene rings is 2. The Morgan fingerprint density at radius 1 is 1.09 bits per heavy atom. The van der Waals surface area contributed by atoms with Crippen molar-refractivity contribution in [1.29, 1.82) is 0 Å². The van der Waals surface area contributed by atoms with E-state index in [9.17, 15) is 4.79 Å². The Labute approximate surface area is 202 Å². The minimum Gasteiger partial charge on any atom is -0.497 e. The lowest BCUT2D eigenvalue weighted by Gasteiger charge is -2.49. The molecule has 5 rings (SSSR count). The molecule has 34 heavy (non-hydrogen) atoms. The molecule has 3 aliphatic rings. The van der Waals surface area contributed by atoms with E-state index >= 15 is 0 Å². The molecule has 182 valence electrons. The molecule has 2 aromatic carbocycles. The minimum atomic E-state index is -0.0632. The molecule has 2 fully saturated rings. The molecule has 0 bridgehead atoms. The van der Waals surface area contributed by atoms with Gasteiger partial charge >= 0.3 is 0 Å². The number of carbonyl (C=O) groups is 1. The number of rotatable bonds is 7. The van der Waals surface area contributed by atoms with Gasteiger partial charge in [-0.1, -0.05) is 24.3 Å². The average Bonchev–Trinajstić information content (AvgIpc) is 2.90. The highest BCUT2D eigenvalue weighted by molar-refractivity contribution is 5.82. The molecule has 1 N–H and O–H groups in total. The topological polar surface area (TPSA) is 57.3 Å². The van der Waals surface area contributed by atoms with Crippen LogP contribution in [-0.2, 0) is 16.0 Å². The van der Waals surface area contributed by atoms with Gasteiger partial charge in [0, 0.05) is 56.7 Å². The van der Waals surface area contributed by atoms with E-state index in [1.165, 1.54) is 11.3 Å². The van der Waals surface area contributed by atoms with E-state index in [4.69, 9.17) is 9.47 Å². The van der Waals surface area contributed by atoms with Gasteiger partial charge in [0.1, 0.15) is 5.75 Å². The summed E-state index contributed by atoms with van der Waals surface area (Å²) in [6.45, 7) is 8.00. The van der Waals surface area contributed by atoms with E-state index in [1.54, 1.807) is 7.11 Å². The van der Waals surface area contributed by atoms with E-state index in [1.807, 2.05) is 12.1 Å². The van der Waals surface area contributed by atoms with Gasteiger partial charge in [0.2, 0.25) is 5.91 Å². The molecule has 0 aliphatic carbocycles. The molecule has 1 amide bonds. The second-order valence-corrected chi connectivity index (χ2v) is 9.45. The van der Waals surface area contributed by atoms with Crippen LogP contribution in [0.5, 0.6) is 5.75 Å². The quantitative estimate of drug-likeness (QED) is 0.635. The van der Waals surface area contributed by atoms with Crippen LogP contribution in [0.25, 0.3) is 0 Å². The maximum atomic E-state index is 13.4. The van der Waals surface area contributed by atoms with Crippen molar-refractivity contribution in [2.45, 2.75) is 18.9 Å². The predicted octanol–water partition coefficient (Wildman–Crippen LogP) is 2.40. The number of methoxy groups -OCH3 is 1.